The molecular weight excluding hydrogens is 454 g/mol. The van der Waals surface area contributed by atoms with Crippen LogP contribution in [-0.2, 0) is 13.1 Å². The largest absolute Gasteiger partial charge is 0.493 e. The third kappa shape index (κ3) is 6.44. The van der Waals surface area contributed by atoms with Gasteiger partial charge in [-0.05, 0) is 67.8 Å². The van der Waals surface area contributed by atoms with Crippen LogP contribution in [0.4, 0.5) is 0 Å². The summed E-state index contributed by atoms with van der Waals surface area (Å²) in [5.41, 5.74) is 1.24. The smallest absolute Gasteiger partial charge is 0.161 e. The maximum atomic E-state index is 11.2. The van der Waals surface area contributed by atoms with Crippen LogP contribution in [0.1, 0.15) is 24.0 Å². The van der Waals surface area contributed by atoms with Gasteiger partial charge in [-0.1, -0.05) is 23.7 Å². The van der Waals surface area contributed by atoms with Crippen molar-refractivity contribution >= 4 is 11.6 Å². The first-order valence-corrected chi connectivity index (χ1v) is 11.9. The fourth-order valence-corrected chi connectivity index (χ4v) is 4.44. The number of likely N-dealkylation sites (tertiary alicyclic amines) is 1. The highest BCUT2D eigenvalue weighted by Crippen LogP contribution is 2.31. The molecule has 1 aliphatic rings. The van der Waals surface area contributed by atoms with Gasteiger partial charge in [0, 0.05) is 25.5 Å². The Kier molecular flexibility index (Phi) is 7.98. The van der Waals surface area contributed by atoms with Crippen LogP contribution in [0.3, 0.4) is 0 Å². The Labute approximate surface area is 205 Å². The first-order valence-electron chi connectivity index (χ1n) is 11.5. The number of aromatic nitrogens is 2. The van der Waals surface area contributed by atoms with Crippen molar-refractivity contribution in [2.24, 2.45) is 0 Å². The Morgan fingerprint density at radius 2 is 2.00 bits per heavy atom. The molecule has 0 spiro atoms. The molecule has 0 bridgehead atoms. The van der Waals surface area contributed by atoms with Gasteiger partial charge in [-0.15, -0.1) is 0 Å². The van der Waals surface area contributed by atoms with E-state index in [-0.39, 0.29) is 6.61 Å². The fraction of sp³-hybridized carbons (Fsp3) is 0.423. The van der Waals surface area contributed by atoms with Gasteiger partial charge in [-0.3, -0.25) is 9.58 Å². The molecule has 1 atom stereocenters. The van der Waals surface area contributed by atoms with Gasteiger partial charge in [0.25, 0.3) is 0 Å². The summed E-state index contributed by atoms with van der Waals surface area (Å²) in [6.45, 7) is 5.48. The van der Waals surface area contributed by atoms with Crippen LogP contribution in [0.5, 0.6) is 17.2 Å². The number of piperidine rings is 1. The molecule has 4 rings (SSSR count). The minimum atomic E-state index is -0.930. The van der Waals surface area contributed by atoms with Crippen LogP contribution in [0.25, 0.3) is 0 Å². The number of aliphatic hydroxyl groups is 1. The molecule has 0 amide bonds. The maximum Gasteiger partial charge on any atom is 0.161 e. The number of rotatable bonds is 10. The number of β-amino-alcohol motifs (C(OH)–C–C–N with tert-alkyl or cyclic N) is 1. The highest BCUT2D eigenvalue weighted by Gasteiger charge is 2.34. The Hall–Kier alpha value is -2.74. The summed E-state index contributed by atoms with van der Waals surface area (Å²) in [6, 6.07) is 13.5. The van der Waals surface area contributed by atoms with E-state index in [4.69, 9.17) is 25.8 Å². The van der Waals surface area contributed by atoms with E-state index in [2.05, 4.69) is 10.00 Å². The Morgan fingerprint density at radius 3 is 2.79 bits per heavy atom. The summed E-state index contributed by atoms with van der Waals surface area (Å²) >= 11 is 6.26. The third-order valence-electron chi connectivity index (χ3n) is 5.99. The standard InChI is InChI=1S/C26H32ClN3O4/c1-20-5-7-22(27)24(15-20)34-19-26(31)9-3-11-29(18-26)17-21-6-8-23(32-2)25(16-21)33-14-13-30-12-4-10-28-30/h4-8,10,12,15-16,31H,3,9,11,13-14,17-19H2,1-2H3/t26-/m0/s1. The molecule has 0 saturated carbocycles. The van der Waals surface area contributed by atoms with E-state index in [0.29, 0.717) is 54.9 Å². The van der Waals surface area contributed by atoms with E-state index in [1.54, 1.807) is 13.3 Å². The van der Waals surface area contributed by atoms with E-state index < -0.39 is 5.60 Å². The zero-order chi connectivity index (χ0) is 24.0. The van der Waals surface area contributed by atoms with Gasteiger partial charge in [0.2, 0.25) is 0 Å². The summed E-state index contributed by atoms with van der Waals surface area (Å²) in [4.78, 5) is 2.25. The Bertz CT molecular complexity index is 1080. The highest BCUT2D eigenvalue weighted by atomic mass is 35.5. The molecule has 0 aliphatic carbocycles. The minimum absolute atomic E-state index is 0.205. The average molecular weight is 486 g/mol. The van der Waals surface area contributed by atoms with Crippen molar-refractivity contribution < 1.29 is 19.3 Å². The summed E-state index contributed by atoms with van der Waals surface area (Å²) in [7, 11) is 1.64. The SMILES string of the molecule is COc1ccc(CN2CCC[C@@](O)(COc3cc(C)ccc3Cl)C2)cc1OCCn1cccn1. The van der Waals surface area contributed by atoms with Crippen LogP contribution in [0.15, 0.2) is 54.9 Å². The first kappa shape index (κ1) is 24.4. The molecular formula is C26H32ClN3O4. The number of methoxy groups -OCH3 is 1. The topological polar surface area (TPSA) is 69.0 Å². The van der Waals surface area contributed by atoms with Crippen molar-refractivity contribution in [3.63, 3.8) is 0 Å². The molecule has 0 radical (unpaired) electrons. The predicted octanol–water partition coefficient (Wildman–Crippen LogP) is 4.34. The molecule has 7 nitrogen and oxygen atoms in total. The van der Waals surface area contributed by atoms with Gasteiger partial charge in [-0.25, -0.2) is 0 Å². The van der Waals surface area contributed by atoms with Crippen LogP contribution in [-0.4, -0.2) is 58.8 Å². The molecule has 1 fully saturated rings. The molecule has 1 aromatic heterocycles. The zero-order valence-corrected chi connectivity index (χ0v) is 20.5. The monoisotopic (exact) mass is 485 g/mol. The van der Waals surface area contributed by atoms with Gasteiger partial charge in [0.05, 0.1) is 18.7 Å². The fourth-order valence-electron chi connectivity index (χ4n) is 4.26. The van der Waals surface area contributed by atoms with Crippen molar-refractivity contribution in [2.75, 3.05) is 33.4 Å². The van der Waals surface area contributed by atoms with Crippen molar-refractivity contribution in [3.8, 4) is 17.2 Å². The molecule has 182 valence electrons. The lowest BCUT2D eigenvalue weighted by atomic mass is 9.93. The minimum Gasteiger partial charge on any atom is -0.493 e. The lowest BCUT2D eigenvalue weighted by Gasteiger charge is -2.39. The molecule has 8 heteroatoms. The molecule has 1 N–H and O–H groups in total. The second-order valence-corrected chi connectivity index (χ2v) is 9.27. The van der Waals surface area contributed by atoms with Gasteiger partial charge in [-0.2, -0.15) is 5.10 Å². The van der Waals surface area contributed by atoms with Gasteiger partial charge in [0.1, 0.15) is 24.6 Å². The van der Waals surface area contributed by atoms with Crippen LogP contribution >= 0.6 is 11.6 Å². The third-order valence-corrected chi connectivity index (χ3v) is 6.30. The van der Waals surface area contributed by atoms with Crippen LogP contribution in [0.2, 0.25) is 5.02 Å². The zero-order valence-electron chi connectivity index (χ0n) is 19.7. The lowest BCUT2D eigenvalue weighted by molar-refractivity contribution is -0.0621. The maximum absolute atomic E-state index is 11.2. The molecule has 0 unspecified atom stereocenters. The van der Waals surface area contributed by atoms with Crippen LogP contribution in [0, 0.1) is 6.92 Å². The van der Waals surface area contributed by atoms with Crippen molar-refractivity contribution in [1.29, 1.82) is 0 Å². The Morgan fingerprint density at radius 1 is 1.12 bits per heavy atom. The van der Waals surface area contributed by atoms with Crippen LogP contribution < -0.4 is 14.2 Å². The number of hydrogen-bond donors (Lipinski definition) is 1. The number of halogens is 1. The number of nitrogens with zero attached hydrogens (tertiary/aromatic N) is 3. The highest BCUT2D eigenvalue weighted by molar-refractivity contribution is 6.32. The van der Waals surface area contributed by atoms with Crippen molar-refractivity contribution in [2.45, 2.75) is 38.5 Å². The Balaban J connectivity index is 1.36. The number of aryl methyl sites for hydroxylation is 1. The molecule has 34 heavy (non-hydrogen) atoms. The van der Waals surface area contributed by atoms with Gasteiger partial charge < -0.3 is 19.3 Å². The van der Waals surface area contributed by atoms with Gasteiger partial charge >= 0.3 is 0 Å². The molecule has 3 aromatic rings. The van der Waals surface area contributed by atoms with E-state index in [1.807, 2.05) is 60.3 Å². The second-order valence-electron chi connectivity index (χ2n) is 8.86. The van der Waals surface area contributed by atoms with E-state index in [9.17, 15) is 5.11 Å². The second kappa shape index (κ2) is 11.1. The first-order chi connectivity index (χ1) is 16.4. The van der Waals surface area contributed by atoms with Crippen molar-refractivity contribution in [1.82, 2.24) is 14.7 Å². The predicted molar refractivity (Wildman–Crippen MR) is 132 cm³/mol. The summed E-state index contributed by atoms with van der Waals surface area (Å²) in [5.74, 6) is 2.01. The lowest BCUT2D eigenvalue weighted by Crippen LogP contribution is -2.51. The molecule has 2 aromatic carbocycles. The number of ether oxygens (including phenoxy) is 3. The van der Waals surface area contributed by atoms with E-state index in [0.717, 1.165) is 24.1 Å². The summed E-state index contributed by atoms with van der Waals surface area (Å²) in [6.07, 6.45) is 5.24. The number of hydrogen-bond acceptors (Lipinski definition) is 6. The van der Waals surface area contributed by atoms with E-state index >= 15 is 0 Å². The number of benzene rings is 2. The average Bonchev–Trinajstić information content (AvgIpc) is 3.34. The summed E-state index contributed by atoms with van der Waals surface area (Å²) < 4.78 is 19.2. The quantitative estimate of drug-likeness (QED) is 0.460. The molecule has 2 heterocycles. The normalized spacial score (nSPS) is 18.6. The molecule has 1 aliphatic heterocycles. The van der Waals surface area contributed by atoms with E-state index in [1.165, 1.54) is 0 Å². The van der Waals surface area contributed by atoms with Crippen molar-refractivity contribution in [3.05, 3.63) is 71.0 Å². The molecule has 1 saturated heterocycles. The van der Waals surface area contributed by atoms with Gasteiger partial charge in [0.15, 0.2) is 11.5 Å². The summed E-state index contributed by atoms with van der Waals surface area (Å²) in [5, 5.41) is 16.0.